The summed E-state index contributed by atoms with van der Waals surface area (Å²) in [5, 5.41) is -0.233. The average Bonchev–Trinajstić information content (AvgIpc) is 2.31. The molecule has 0 fully saturated rings. The van der Waals surface area contributed by atoms with Crippen LogP contribution in [0.4, 0.5) is 0 Å². The van der Waals surface area contributed by atoms with E-state index >= 15 is 0 Å². The van der Waals surface area contributed by atoms with Crippen molar-refractivity contribution in [3.05, 3.63) is 43.0 Å². The zero-order valence-corrected chi connectivity index (χ0v) is 8.42. The standard InChI is InChI=1S/C9H7N3O2S/c13-15(14,8-4-2-1-3-5-8)9-11-6-10-7-12-9/h1-7H. The van der Waals surface area contributed by atoms with Crippen LogP contribution in [0.15, 0.2) is 53.0 Å². The van der Waals surface area contributed by atoms with Crippen molar-refractivity contribution in [1.29, 1.82) is 0 Å². The van der Waals surface area contributed by atoms with E-state index in [0.29, 0.717) is 0 Å². The van der Waals surface area contributed by atoms with Gasteiger partial charge in [-0.15, -0.1) is 0 Å². The van der Waals surface area contributed by atoms with Gasteiger partial charge in [0.15, 0.2) is 0 Å². The van der Waals surface area contributed by atoms with Crippen molar-refractivity contribution < 1.29 is 8.42 Å². The van der Waals surface area contributed by atoms with Crippen LogP contribution in [0.2, 0.25) is 0 Å². The topological polar surface area (TPSA) is 72.8 Å². The molecular formula is C9H7N3O2S. The highest BCUT2D eigenvalue weighted by Gasteiger charge is 2.19. The van der Waals surface area contributed by atoms with Crippen molar-refractivity contribution >= 4 is 9.84 Å². The Balaban J connectivity index is 2.55. The van der Waals surface area contributed by atoms with Gasteiger partial charge >= 0.3 is 0 Å². The van der Waals surface area contributed by atoms with Gasteiger partial charge < -0.3 is 0 Å². The lowest BCUT2D eigenvalue weighted by atomic mass is 10.4. The number of hydrogen-bond acceptors (Lipinski definition) is 5. The molecule has 2 rings (SSSR count). The Bertz CT molecular complexity index is 495. The van der Waals surface area contributed by atoms with Crippen LogP contribution in [0.5, 0.6) is 0 Å². The fourth-order valence-corrected chi connectivity index (χ4v) is 2.17. The molecule has 0 spiro atoms. The molecule has 0 aliphatic rings. The molecule has 0 saturated heterocycles. The van der Waals surface area contributed by atoms with E-state index in [4.69, 9.17) is 0 Å². The smallest absolute Gasteiger partial charge is 0.225 e. The summed E-state index contributed by atoms with van der Waals surface area (Å²) in [6.45, 7) is 0. The molecule has 0 bridgehead atoms. The van der Waals surface area contributed by atoms with Crippen LogP contribution in [0.25, 0.3) is 0 Å². The first-order valence-corrected chi connectivity index (χ1v) is 5.62. The van der Waals surface area contributed by atoms with E-state index in [1.165, 1.54) is 12.1 Å². The van der Waals surface area contributed by atoms with Crippen LogP contribution in [-0.2, 0) is 9.84 Å². The molecule has 0 unspecified atom stereocenters. The summed E-state index contributed by atoms with van der Waals surface area (Å²) < 4.78 is 23.8. The van der Waals surface area contributed by atoms with E-state index in [2.05, 4.69) is 15.0 Å². The molecule has 0 aliphatic carbocycles. The van der Waals surface area contributed by atoms with Gasteiger partial charge in [-0.3, -0.25) is 0 Å². The van der Waals surface area contributed by atoms with Gasteiger partial charge in [-0.1, -0.05) is 18.2 Å². The molecule has 76 valence electrons. The van der Waals surface area contributed by atoms with Gasteiger partial charge in [0, 0.05) is 0 Å². The lowest BCUT2D eigenvalue weighted by Crippen LogP contribution is -2.06. The van der Waals surface area contributed by atoms with Gasteiger partial charge in [0.2, 0.25) is 9.84 Å². The van der Waals surface area contributed by atoms with Gasteiger partial charge in [-0.2, -0.15) is 0 Å². The monoisotopic (exact) mass is 221 g/mol. The lowest BCUT2D eigenvalue weighted by molar-refractivity contribution is 0.585. The third kappa shape index (κ3) is 1.84. The van der Waals surface area contributed by atoms with Crippen molar-refractivity contribution in [2.24, 2.45) is 0 Å². The molecule has 15 heavy (non-hydrogen) atoms. The number of hydrogen-bond donors (Lipinski definition) is 0. The van der Waals surface area contributed by atoms with Crippen molar-refractivity contribution in [2.45, 2.75) is 10.1 Å². The SMILES string of the molecule is O=S(=O)(c1ccccc1)c1ncncn1. The van der Waals surface area contributed by atoms with Gasteiger partial charge in [0.25, 0.3) is 5.16 Å². The molecule has 0 saturated carbocycles. The fourth-order valence-electron chi connectivity index (χ4n) is 1.07. The number of aromatic nitrogens is 3. The first-order valence-electron chi connectivity index (χ1n) is 4.13. The summed E-state index contributed by atoms with van der Waals surface area (Å²) in [5.41, 5.74) is 0. The largest absolute Gasteiger partial charge is 0.254 e. The second-order valence-electron chi connectivity index (χ2n) is 2.74. The number of rotatable bonds is 2. The van der Waals surface area contributed by atoms with E-state index < -0.39 is 9.84 Å². The van der Waals surface area contributed by atoms with Crippen LogP contribution in [0, 0.1) is 0 Å². The van der Waals surface area contributed by atoms with Crippen molar-refractivity contribution in [2.75, 3.05) is 0 Å². The molecule has 5 nitrogen and oxygen atoms in total. The third-order valence-corrected chi connectivity index (χ3v) is 3.35. The third-order valence-electron chi connectivity index (χ3n) is 1.76. The second kappa shape index (κ2) is 3.74. The van der Waals surface area contributed by atoms with Crippen LogP contribution in [0.3, 0.4) is 0 Å². The summed E-state index contributed by atoms with van der Waals surface area (Å²) in [6.07, 6.45) is 2.31. The summed E-state index contributed by atoms with van der Waals surface area (Å²) in [5.74, 6) is 0. The Morgan fingerprint density at radius 2 is 1.53 bits per heavy atom. The first kappa shape index (κ1) is 9.72. The van der Waals surface area contributed by atoms with Crippen LogP contribution < -0.4 is 0 Å². The highest BCUT2D eigenvalue weighted by molar-refractivity contribution is 7.91. The molecule has 0 N–H and O–H groups in total. The lowest BCUT2D eigenvalue weighted by Gasteiger charge is -2.00. The Kier molecular flexibility index (Phi) is 2.42. The predicted molar refractivity (Wildman–Crippen MR) is 51.7 cm³/mol. The van der Waals surface area contributed by atoms with Crippen molar-refractivity contribution in [3.8, 4) is 0 Å². The van der Waals surface area contributed by atoms with E-state index in [0.717, 1.165) is 12.7 Å². The minimum absolute atomic E-state index is 0.177. The quantitative estimate of drug-likeness (QED) is 0.746. The Labute approximate surface area is 86.8 Å². The maximum Gasteiger partial charge on any atom is 0.254 e. The maximum absolute atomic E-state index is 11.9. The van der Waals surface area contributed by atoms with Gasteiger partial charge in [-0.25, -0.2) is 23.4 Å². The molecule has 0 atom stereocenters. The molecule has 0 amide bonds. The first-order chi connectivity index (χ1) is 7.21. The minimum Gasteiger partial charge on any atom is -0.225 e. The molecule has 1 aromatic heterocycles. The van der Waals surface area contributed by atoms with Crippen LogP contribution >= 0.6 is 0 Å². The minimum atomic E-state index is -3.60. The highest BCUT2D eigenvalue weighted by Crippen LogP contribution is 2.15. The Morgan fingerprint density at radius 3 is 2.13 bits per heavy atom. The molecule has 0 radical (unpaired) electrons. The molecule has 2 aromatic rings. The molecule has 1 heterocycles. The molecule has 0 aliphatic heterocycles. The summed E-state index contributed by atoms with van der Waals surface area (Å²) >= 11 is 0. The zero-order chi connectivity index (χ0) is 10.7. The van der Waals surface area contributed by atoms with E-state index in [1.54, 1.807) is 18.2 Å². The summed E-state index contributed by atoms with van der Waals surface area (Å²) in [7, 11) is -3.60. The highest BCUT2D eigenvalue weighted by atomic mass is 32.2. The second-order valence-corrected chi connectivity index (χ2v) is 4.58. The maximum atomic E-state index is 11.9. The Morgan fingerprint density at radius 1 is 0.933 bits per heavy atom. The van der Waals surface area contributed by atoms with Gasteiger partial charge in [-0.05, 0) is 12.1 Å². The molecule has 6 heteroatoms. The number of sulfone groups is 1. The van der Waals surface area contributed by atoms with Crippen LogP contribution in [-0.4, -0.2) is 23.4 Å². The van der Waals surface area contributed by atoms with Crippen molar-refractivity contribution in [3.63, 3.8) is 0 Å². The van der Waals surface area contributed by atoms with Gasteiger partial charge in [0.05, 0.1) is 4.90 Å². The van der Waals surface area contributed by atoms with E-state index in [9.17, 15) is 8.42 Å². The average molecular weight is 221 g/mol. The molecule has 1 aromatic carbocycles. The van der Waals surface area contributed by atoms with Crippen molar-refractivity contribution in [1.82, 2.24) is 15.0 Å². The molecular weight excluding hydrogens is 214 g/mol. The fraction of sp³-hybridized carbons (Fsp3) is 0. The van der Waals surface area contributed by atoms with E-state index in [1.807, 2.05) is 0 Å². The summed E-state index contributed by atoms with van der Waals surface area (Å²) in [4.78, 5) is 11.0. The number of nitrogens with zero attached hydrogens (tertiary/aromatic N) is 3. The van der Waals surface area contributed by atoms with Crippen LogP contribution in [0.1, 0.15) is 0 Å². The normalized spacial score (nSPS) is 11.2. The Hall–Kier alpha value is -1.82. The zero-order valence-electron chi connectivity index (χ0n) is 7.61. The predicted octanol–water partition coefficient (Wildman–Crippen LogP) is 0.704. The summed E-state index contributed by atoms with van der Waals surface area (Å²) in [6, 6.07) is 8.03. The van der Waals surface area contributed by atoms with Gasteiger partial charge in [0.1, 0.15) is 12.7 Å². The number of benzene rings is 1. The van der Waals surface area contributed by atoms with E-state index in [-0.39, 0.29) is 10.1 Å².